The van der Waals surface area contributed by atoms with Crippen molar-refractivity contribution < 1.29 is 0 Å². The summed E-state index contributed by atoms with van der Waals surface area (Å²) in [5, 5.41) is 0. The number of allylic oxidation sites excluding steroid dienone is 1. The molecule has 1 aliphatic heterocycles. The zero-order valence-corrected chi connectivity index (χ0v) is 14.6. The predicted molar refractivity (Wildman–Crippen MR) is 93.5 cm³/mol. The Labute approximate surface area is 135 Å². The first-order valence-electron chi connectivity index (χ1n) is 8.59. The van der Waals surface area contributed by atoms with Gasteiger partial charge in [0.2, 0.25) is 0 Å². The molecule has 0 unspecified atom stereocenters. The van der Waals surface area contributed by atoms with Gasteiger partial charge in [-0.3, -0.25) is 4.90 Å². The van der Waals surface area contributed by atoms with E-state index >= 15 is 0 Å². The minimum Gasteiger partial charge on any atom is -0.354 e. The molecule has 1 saturated heterocycles. The van der Waals surface area contributed by atoms with Gasteiger partial charge in [0.15, 0.2) is 0 Å². The molecule has 0 aromatic carbocycles. The molecule has 0 aliphatic carbocycles. The highest BCUT2D eigenvalue weighted by Crippen LogP contribution is 2.16. The number of hydrogen-bond acceptors (Lipinski definition) is 4. The van der Waals surface area contributed by atoms with Crippen LogP contribution in [0.25, 0.3) is 0 Å². The quantitative estimate of drug-likeness (QED) is 0.755. The van der Waals surface area contributed by atoms with Gasteiger partial charge < -0.3 is 4.90 Å². The Balaban J connectivity index is 1.95. The highest BCUT2D eigenvalue weighted by molar-refractivity contribution is 5.40. The molecule has 0 bridgehead atoms. The third kappa shape index (κ3) is 4.80. The average molecular weight is 302 g/mol. The summed E-state index contributed by atoms with van der Waals surface area (Å²) in [6.07, 6.45) is 5.63. The molecule has 0 radical (unpaired) electrons. The van der Waals surface area contributed by atoms with Gasteiger partial charge in [-0.2, -0.15) is 0 Å². The van der Waals surface area contributed by atoms with Gasteiger partial charge in [0.05, 0.1) is 0 Å². The van der Waals surface area contributed by atoms with Crippen LogP contribution in [0.5, 0.6) is 0 Å². The highest BCUT2D eigenvalue weighted by atomic mass is 15.3. The molecule has 4 heteroatoms. The van der Waals surface area contributed by atoms with Crippen molar-refractivity contribution in [2.75, 3.05) is 37.6 Å². The zero-order chi connectivity index (χ0) is 15.9. The Hall–Kier alpha value is -1.42. The van der Waals surface area contributed by atoms with Gasteiger partial charge in [-0.25, -0.2) is 9.97 Å². The van der Waals surface area contributed by atoms with Crippen LogP contribution in [0, 0.1) is 6.92 Å². The number of aromatic nitrogens is 2. The van der Waals surface area contributed by atoms with E-state index in [4.69, 9.17) is 0 Å². The lowest BCUT2D eigenvalue weighted by Gasteiger charge is -2.35. The second-order valence-corrected chi connectivity index (χ2v) is 6.24. The summed E-state index contributed by atoms with van der Waals surface area (Å²) in [7, 11) is 0. The Morgan fingerprint density at radius 1 is 1.18 bits per heavy atom. The summed E-state index contributed by atoms with van der Waals surface area (Å²) in [5.41, 5.74) is 2.66. The van der Waals surface area contributed by atoms with Gasteiger partial charge in [0.1, 0.15) is 11.6 Å². The first kappa shape index (κ1) is 16.9. The van der Waals surface area contributed by atoms with Crippen LogP contribution < -0.4 is 4.90 Å². The standard InChI is InChI=1S/C18H30N4/c1-5-7-15(3)14-21-9-11-22(12-10-21)18-13-17(8-6-2)19-16(4)20-18/h7,13H,5-6,8-12,14H2,1-4H3. The third-order valence-electron chi connectivity index (χ3n) is 4.11. The molecular weight excluding hydrogens is 272 g/mol. The smallest absolute Gasteiger partial charge is 0.132 e. The molecule has 1 aromatic heterocycles. The largest absolute Gasteiger partial charge is 0.354 e. The van der Waals surface area contributed by atoms with Crippen LogP contribution in [0.15, 0.2) is 17.7 Å². The molecule has 22 heavy (non-hydrogen) atoms. The number of anilines is 1. The summed E-state index contributed by atoms with van der Waals surface area (Å²) in [6.45, 7) is 14.1. The van der Waals surface area contributed by atoms with Crippen LogP contribution in [-0.2, 0) is 6.42 Å². The fourth-order valence-electron chi connectivity index (χ4n) is 3.06. The molecule has 0 N–H and O–H groups in total. The normalized spacial score (nSPS) is 17.1. The second-order valence-electron chi connectivity index (χ2n) is 6.24. The molecule has 0 saturated carbocycles. The van der Waals surface area contributed by atoms with Crippen molar-refractivity contribution in [1.29, 1.82) is 0 Å². The molecule has 0 amide bonds. The third-order valence-corrected chi connectivity index (χ3v) is 4.11. The van der Waals surface area contributed by atoms with Crippen molar-refractivity contribution in [2.45, 2.75) is 47.0 Å². The summed E-state index contributed by atoms with van der Waals surface area (Å²) >= 11 is 0. The minimum atomic E-state index is 0.894. The van der Waals surface area contributed by atoms with Crippen LogP contribution >= 0.6 is 0 Å². The summed E-state index contributed by atoms with van der Waals surface area (Å²) in [4.78, 5) is 14.1. The Morgan fingerprint density at radius 2 is 1.91 bits per heavy atom. The van der Waals surface area contributed by atoms with Crippen LogP contribution in [0.4, 0.5) is 5.82 Å². The minimum absolute atomic E-state index is 0.894. The second kappa shape index (κ2) is 8.28. The van der Waals surface area contributed by atoms with Gasteiger partial charge in [-0.1, -0.05) is 31.9 Å². The molecule has 1 fully saturated rings. The summed E-state index contributed by atoms with van der Waals surface area (Å²) in [6, 6.07) is 2.17. The maximum absolute atomic E-state index is 4.64. The first-order valence-corrected chi connectivity index (χ1v) is 8.59. The molecule has 0 spiro atoms. The summed E-state index contributed by atoms with van der Waals surface area (Å²) < 4.78 is 0. The van der Waals surface area contributed by atoms with Crippen LogP contribution in [0.3, 0.4) is 0 Å². The van der Waals surface area contributed by atoms with Crippen molar-refractivity contribution in [3.05, 3.63) is 29.2 Å². The van der Waals surface area contributed by atoms with Gasteiger partial charge in [-0.05, 0) is 26.7 Å². The number of piperazine rings is 1. The molecule has 4 nitrogen and oxygen atoms in total. The fourth-order valence-corrected chi connectivity index (χ4v) is 3.06. The van der Waals surface area contributed by atoms with Gasteiger partial charge in [0.25, 0.3) is 0 Å². The lowest BCUT2D eigenvalue weighted by molar-refractivity contribution is 0.277. The first-order chi connectivity index (χ1) is 10.6. The molecule has 0 atom stereocenters. The van der Waals surface area contributed by atoms with E-state index in [0.717, 1.165) is 63.6 Å². The van der Waals surface area contributed by atoms with E-state index < -0.39 is 0 Å². The van der Waals surface area contributed by atoms with E-state index in [1.165, 1.54) is 11.3 Å². The molecule has 122 valence electrons. The monoisotopic (exact) mass is 302 g/mol. The highest BCUT2D eigenvalue weighted by Gasteiger charge is 2.18. The van der Waals surface area contributed by atoms with Crippen molar-refractivity contribution in [2.24, 2.45) is 0 Å². The van der Waals surface area contributed by atoms with Crippen molar-refractivity contribution in [3.8, 4) is 0 Å². The Bertz CT molecular complexity index is 502. The SMILES string of the molecule is CCC=C(C)CN1CCN(c2cc(CCC)nc(C)n2)CC1. The number of aryl methyl sites for hydroxylation is 2. The van der Waals surface area contributed by atoms with Crippen molar-refractivity contribution in [1.82, 2.24) is 14.9 Å². The molecule has 2 rings (SSSR count). The lowest BCUT2D eigenvalue weighted by Crippen LogP contribution is -2.47. The predicted octanol–water partition coefficient (Wildman–Crippen LogP) is 3.22. The average Bonchev–Trinajstić information content (AvgIpc) is 2.48. The van der Waals surface area contributed by atoms with Crippen LogP contribution in [-0.4, -0.2) is 47.6 Å². The van der Waals surface area contributed by atoms with Gasteiger partial charge >= 0.3 is 0 Å². The number of rotatable bonds is 6. The molecular formula is C18H30N4. The number of hydrogen-bond donors (Lipinski definition) is 0. The number of nitrogens with zero attached hydrogens (tertiary/aromatic N) is 4. The molecule has 1 aliphatic rings. The fraction of sp³-hybridized carbons (Fsp3) is 0.667. The lowest BCUT2D eigenvalue weighted by atomic mass is 10.2. The van der Waals surface area contributed by atoms with Gasteiger partial charge in [-0.15, -0.1) is 0 Å². The zero-order valence-electron chi connectivity index (χ0n) is 14.6. The van der Waals surface area contributed by atoms with E-state index in [0.29, 0.717) is 0 Å². The maximum Gasteiger partial charge on any atom is 0.132 e. The van der Waals surface area contributed by atoms with E-state index in [1.807, 2.05) is 6.92 Å². The Morgan fingerprint density at radius 3 is 2.55 bits per heavy atom. The van der Waals surface area contributed by atoms with E-state index in [1.54, 1.807) is 0 Å². The van der Waals surface area contributed by atoms with Crippen molar-refractivity contribution in [3.63, 3.8) is 0 Å². The maximum atomic E-state index is 4.64. The van der Waals surface area contributed by atoms with Crippen molar-refractivity contribution >= 4 is 5.82 Å². The molecule has 1 aromatic rings. The summed E-state index contributed by atoms with van der Waals surface area (Å²) in [5.74, 6) is 2.00. The van der Waals surface area contributed by atoms with E-state index in [9.17, 15) is 0 Å². The van der Waals surface area contributed by atoms with Gasteiger partial charge in [0, 0.05) is 44.5 Å². The van der Waals surface area contributed by atoms with Crippen LogP contribution in [0.1, 0.15) is 45.1 Å². The molecule has 2 heterocycles. The van der Waals surface area contributed by atoms with E-state index in [2.05, 4.69) is 52.7 Å². The Kier molecular flexibility index (Phi) is 6.37. The van der Waals surface area contributed by atoms with E-state index in [-0.39, 0.29) is 0 Å². The topological polar surface area (TPSA) is 32.3 Å². The van der Waals surface area contributed by atoms with Crippen LogP contribution in [0.2, 0.25) is 0 Å².